The van der Waals surface area contributed by atoms with E-state index in [-0.39, 0.29) is 18.2 Å². The quantitative estimate of drug-likeness (QED) is 0.225. The summed E-state index contributed by atoms with van der Waals surface area (Å²) >= 11 is 0. The highest BCUT2D eigenvalue weighted by molar-refractivity contribution is 6.04. The molecule has 1 aliphatic rings. The van der Waals surface area contributed by atoms with Crippen molar-refractivity contribution in [1.29, 1.82) is 0 Å². The number of rotatable bonds is 7. The fourth-order valence-electron chi connectivity index (χ4n) is 5.76. The van der Waals surface area contributed by atoms with E-state index in [2.05, 4.69) is 40.1 Å². The molecule has 0 spiro atoms. The Balaban J connectivity index is 1.32. The first-order valence-corrected chi connectivity index (χ1v) is 14.2. The molecule has 43 heavy (non-hydrogen) atoms. The number of methoxy groups -OCH3 is 1. The first kappa shape index (κ1) is 27.8. The van der Waals surface area contributed by atoms with Gasteiger partial charge in [-0.25, -0.2) is 0 Å². The van der Waals surface area contributed by atoms with Crippen molar-refractivity contribution in [3.8, 4) is 17.0 Å². The van der Waals surface area contributed by atoms with E-state index in [0.29, 0.717) is 11.3 Å². The summed E-state index contributed by atoms with van der Waals surface area (Å²) in [5.74, 6) is -0.423. The standard InChI is InChI=1S/C35H32N4O4/c1-21-12-16-24(17-13-21)32-31(28-10-6-7-11-29(28)36-32)33-26-8-4-5-9-27(26)35(42)39(33)22(2)34(41)38-37-30(40)20-23-14-18-25(43-3)19-15-23/h4-19,22,33,36H,20H2,1-3H3,(H,37,40)(H,38,41). The van der Waals surface area contributed by atoms with E-state index in [4.69, 9.17) is 4.74 Å². The van der Waals surface area contributed by atoms with Crippen molar-refractivity contribution < 1.29 is 19.1 Å². The van der Waals surface area contributed by atoms with Crippen LogP contribution in [-0.4, -0.2) is 40.8 Å². The van der Waals surface area contributed by atoms with Crippen LogP contribution in [0, 0.1) is 6.92 Å². The summed E-state index contributed by atoms with van der Waals surface area (Å²) in [5, 5.41) is 0.970. The Morgan fingerprint density at radius 3 is 2.35 bits per heavy atom. The highest BCUT2D eigenvalue weighted by Gasteiger charge is 2.44. The smallest absolute Gasteiger partial charge is 0.260 e. The highest BCUT2D eigenvalue weighted by atomic mass is 16.5. The summed E-state index contributed by atoms with van der Waals surface area (Å²) in [6.45, 7) is 3.72. The summed E-state index contributed by atoms with van der Waals surface area (Å²) in [4.78, 5) is 45.3. The van der Waals surface area contributed by atoms with Crippen molar-refractivity contribution in [3.05, 3.63) is 125 Å². The molecule has 2 unspecified atom stereocenters. The summed E-state index contributed by atoms with van der Waals surface area (Å²) in [6, 6.07) is 29.4. The zero-order valence-corrected chi connectivity index (χ0v) is 24.2. The lowest BCUT2D eigenvalue weighted by Gasteiger charge is -2.31. The fourth-order valence-corrected chi connectivity index (χ4v) is 5.76. The van der Waals surface area contributed by atoms with Crippen molar-refractivity contribution in [1.82, 2.24) is 20.7 Å². The highest BCUT2D eigenvalue weighted by Crippen LogP contribution is 2.46. The third-order valence-corrected chi connectivity index (χ3v) is 8.00. The van der Waals surface area contributed by atoms with Crippen LogP contribution in [0.1, 0.15) is 45.6 Å². The number of hydrogen-bond acceptors (Lipinski definition) is 4. The number of para-hydroxylation sites is 1. The number of amides is 3. The number of ether oxygens (including phenoxy) is 1. The largest absolute Gasteiger partial charge is 0.497 e. The van der Waals surface area contributed by atoms with E-state index in [9.17, 15) is 14.4 Å². The molecule has 0 bridgehead atoms. The van der Waals surface area contributed by atoms with Gasteiger partial charge in [0.1, 0.15) is 11.8 Å². The number of H-pyrrole nitrogens is 1. The number of benzene rings is 4. The fraction of sp³-hybridized carbons (Fsp3) is 0.171. The number of nitrogens with one attached hydrogen (secondary N) is 3. The topological polar surface area (TPSA) is 104 Å². The lowest BCUT2D eigenvalue weighted by atomic mass is 9.92. The number of fused-ring (bicyclic) bond motifs is 2. The van der Waals surface area contributed by atoms with Gasteiger partial charge in [-0.3, -0.25) is 25.2 Å². The number of aromatic amines is 1. The zero-order valence-electron chi connectivity index (χ0n) is 24.2. The third-order valence-electron chi connectivity index (χ3n) is 8.00. The molecule has 0 radical (unpaired) electrons. The van der Waals surface area contributed by atoms with Gasteiger partial charge >= 0.3 is 0 Å². The SMILES string of the molecule is COc1ccc(CC(=O)NNC(=O)C(C)N2C(=O)c3ccccc3C2c2c(-c3ccc(C)cc3)[nH]c3ccccc23)cc1. The average molecular weight is 573 g/mol. The van der Waals surface area contributed by atoms with E-state index in [1.807, 2.05) is 49.4 Å². The van der Waals surface area contributed by atoms with Crippen molar-refractivity contribution >= 4 is 28.6 Å². The monoisotopic (exact) mass is 572 g/mol. The molecule has 3 amide bonds. The van der Waals surface area contributed by atoms with Gasteiger partial charge in [0.25, 0.3) is 11.8 Å². The molecular formula is C35H32N4O4. The second-order valence-corrected chi connectivity index (χ2v) is 10.8. The van der Waals surface area contributed by atoms with Gasteiger partial charge in [0, 0.05) is 22.0 Å². The van der Waals surface area contributed by atoms with E-state index in [1.165, 1.54) is 0 Å². The van der Waals surface area contributed by atoms with E-state index < -0.39 is 18.0 Å². The predicted molar refractivity (Wildman–Crippen MR) is 165 cm³/mol. The van der Waals surface area contributed by atoms with Crippen LogP contribution in [0.5, 0.6) is 5.75 Å². The number of aromatic nitrogens is 1. The van der Waals surface area contributed by atoms with Crippen LogP contribution in [0.15, 0.2) is 97.1 Å². The molecule has 2 atom stereocenters. The Hall–Kier alpha value is -5.37. The molecule has 0 saturated carbocycles. The number of aryl methyl sites for hydroxylation is 1. The van der Waals surface area contributed by atoms with Gasteiger partial charge in [-0.2, -0.15) is 0 Å². The zero-order chi connectivity index (χ0) is 30.1. The van der Waals surface area contributed by atoms with Gasteiger partial charge in [0.15, 0.2) is 0 Å². The number of hydrazine groups is 1. The van der Waals surface area contributed by atoms with E-state index in [0.717, 1.165) is 44.4 Å². The molecule has 0 fully saturated rings. The molecule has 0 aliphatic carbocycles. The predicted octanol–water partition coefficient (Wildman–Crippen LogP) is 5.48. The van der Waals surface area contributed by atoms with Gasteiger partial charge in [-0.1, -0.05) is 78.4 Å². The number of carbonyl (C=O) groups excluding carboxylic acids is 3. The van der Waals surface area contributed by atoms with E-state index in [1.54, 1.807) is 49.3 Å². The minimum atomic E-state index is -0.897. The van der Waals surface area contributed by atoms with Gasteiger partial charge < -0.3 is 14.6 Å². The molecule has 2 heterocycles. The van der Waals surface area contributed by atoms with Crippen LogP contribution < -0.4 is 15.6 Å². The van der Waals surface area contributed by atoms with Gasteiger partial charge in [0.2, 0.25) is 5.91 Å². The Bertz CT molecular complexity index is 1830. The summed E-state index contributed by atoms with van der Waals surface area (Å²) in [5.41, 5.74) is 12.1. The van der Waals surface area contributed by atoms with Crippen molar-refractivity contribution in [2.24, 2.45) is 0 Å². The number of hydrogen-bond donors (Lipinski definition) is 3. The van der Waals surface area contributed by atoms with Gasteiger partial charge in [-0.15, -0.1) is 0 Å². The maximum Gasteiger partial charge on any atom is 0.260 e. The molecule has 6 rings (SSSR count). The molecule has 3 N–H and O–H groups in total. The molecule has 216 valence electrons. The second kappa shape index (κ2) is 11.5. The Kier molecular flexibility index (Phi) is 7.42. The normalized spacial score (nSPS) is 14.8. The molecule has 0 saturated heterocycles. The minimum absolute atomic E-state index is 0.0740. The summed E-state index contributed by atoms with van der Waals surface area (Å²) < 4.78 is 5.16. The Morgan fingerprint density at radius 2 is 1.60 bits per heavy atom. The van der Waals surface area contributed by atoms with Crippen LogP contribution in [0.4, 0.5) is 0 Å². The van der Waals surface area contributed by atoms with Crippen LogP contribution in [-0.2, 0) is 16.0 Å². The van der Waals surface area contributed by atoms with Crippen LogP contribution in [0.2, 0.25) is 0 Å². The second-order valence-electron chi connectivity index (χ2n) is 10.8. The van der Waals surface area contributed by atoms with E-state index >= 15 is 0 Å². The van der Waals surface area contributed by atoms with Crippen LogP contribution >= 0.6 is 0 Å². The molecule has 8 nitrogen and oxygen atoms in total. The Morgan fingerprint density at radius 1 is 0.907 bits per heavy atom. The molecular weight excluding hydrogens is 540 g/mol. The molecule has 1 aliphatic heterocycles. The van der Waals surface area contributed by atoms with Crippen molar-refractivity contribution in [2.75, 3.05) is 7.11 Å². The molecule has 5 aromatic rings. The van der Waals surface area contributed by atoms with Crippen molar-refractivity contribution in [2.45, 2.75) is 32.4 Å². The third kappa shape index (κ3) is 5.23. The first-order chi connectivity index (χ1) is 20.9. The first-order valence-electron chi connectivity index (χ1n) is 14.2. The maximum atomic E-state index is 13.9. The molecule has 8 heteroatoms. The minimum Gasteiger partial charge on any atom is -0.497 e. The lowest BCUT2D eigenvalue weighted by Crippen LogP contribution is -2.52. The van der Waals surface area contributed by atoms with Crippen molar-refractivity contribution in [3.63, 3.8) is 0 Å². The van der Waals surface area contributed by atoms with Gasteiger partial charge in [0.05, 0.1) is 25.3 Å². The summed E-state index contributed by atoms with van der Waals surface area (Å²) in [7, 11) is 1.58. The summed E-state index contributed by atoms with van der Waals surface area (Å²) in [6.07, 6.45) is 0.0740. The van der Waals surface area contributed by atoms with Crippen LogP contribution in [0.3, 0.4) is 0 Å². The number of nitrogens with zero attached hydrogens (tertiary/aromatic N) is 1. The molecule has 4 aromatic carbocycles. The Labute approximate surface area is 249 Å². The molecule has 1 aromatic heterocycles. The lowest BCUT2D eigenvalue weighted by molar-refractivity contribution is -0.131. The van der Waals surface area contributed by atoms with Gasteiger partial charge in [-0.05, 0) is 54.8 Å². The van der Waals surface area contributed by atoms with Crippen LogP contribution in [0.25, 0.3) is 22.2 Å². The number of carbonyl (C=O) groups is 3. The maximum absolute atomic E-state index is 13.9. The average Bonchev–Trinajstić information content (AvgIpc) is 3.55.